The third-order valence-electron chi connectivity index (χ3n) is 15.1. The molecule has 316 valence electrons. The first-order chi connectivity index (χ1) is 27.6. The highest BCUT2D eigenvalue weighted by molar-refractivity contribution is 7.23. The van der Waals surface area contributed by atoms with E-state index in [4.69, 9.17) is 51.9 Å². The van der Waals surface area contributed by atoms with Gasteiger partial charge in [-0.3, -0.25) is 9.36 Å². The van der Waals surface area contributed by atoms with Crippen molar-refractivity contribution in [2.45, 2.75) is 213 Å². The van der Waals surface area contributed by atoms with E-state index in [1.165, 1.54) is 0 Å². The van der Waals surface area contributed by atoms with E-state index in [1.54, 1.807) is 0 Å². The van der Waals surface area contributed by atoms with Crippen LogP contribution in [0, 0.1) is 11.8 Å². The van der Waals surface area contributed by atoms with Crippen molar-refractivity contribution in [2.75, 3.05) is 6.16 Å². The second kappa shape index (κ2) is 16.1. The molecule has 0 aliphatic carbocycles. The van der Waals surface area contributed by atoms with Crippen molar-refractivity contribution in [3.63, 3.8) is 0 Å². The molecule has 15 heteroatoms. The van der Waals surface area contributed by atoms with E-state index in [0.717, 1.165) is 49.7 Å². The van der Waals surface area contributed by atoms with Crippen LogP contribution in [0.5, 0.6) is 0 Å². The SMILES string of the molecule is C=C1CC2CCC34CC5OC6C(OC7CCC(CC(=O)OC8C(CC9OC(CCC1O2)CC(C)C9=C)OC1CC(OP)C(CCP=O)OC1C8C)OC7C6O3)C5O4. The van der Waals surface area contributed by atoms with Crippen LogP contribution in [-0.4, -0.2) is 128 Å². The monoisotopic (exact) mass is 834 g/mol. The maximum Gasteiger partial charge on any atom is 0.308 e. The summed E-state index contributed by atoms with van der Waals surface area (Å²) in [5, 5.41) is 0. The van der Waals surface area contributed by atoms with Gasteiger partial charge in [0.1, 0.15) is 36.6 Å². The molecule has 22 unspecified atom stereocenters. The van der Waals surface area contributed by atoms with E-state index >= 15 is 0 Å². The molecule has 0 aromatic heterocycles. The lowest BCUT2D eigenvalue weighted by molar-refractivity contribution is -0.293. The fraction of sp³-hybridized carbons (Fsp3) is 0.881. The Kier molecular flexibility index (Phi) is 11.3. The van der Waals surface area contributed by atoms with Crippen LogP contribution in [0.3, 0.4) is 0 Å². The highest BCUT2D eigenvalue weighted by atomic mass is 31.1. The highest BCUT2D eigenvalue weighted by Crippen LogP contribution is 2.54. The van der Waals surface area contributed by atoms with Gasteiger partial charge in [0, 0.05) is 47.2 Å². The van der Waals surface area contributed by atoms with Crippen LogP contribution in [0.2, 0.25) is 0 Å². The van der Waals surface area contributed by atoms with Gasteiger partial charge >= 0.3 is 5.97 Å². The van der Waals surface area contributed by atoms with Crippen LogP contribution in [0.15, 0.2) is 24.3 Å². The summed E-state index contributed by atoms with van der Waals surface area (Å²) < 4.78 is 84.8. The Bertz CT molecular complexity index is 1570. The normalized spacial score (nSPS) is 53.5. The Hall–Kier alpha value is -0.920. The molecule has 0 radical (unpaired) electrons. The second-order valence-electron chi connectivity index (χ2n) is 18.7. The minimum Gasteiger partial charge on any atom is -0.459 e. The van der Waals surface area contributed by atoms with E-state index < -0.39 is 24.1 Å². The maximum absolute atomic E-state index is 14.1. The molecular weight excluding hydrogens is 774 g/mol. The number of fused-ring (bicyclic) bond motifs is 7. The minimum atomic E-state index is -0.804. The van der Waals surface area contributed by atoms with Gasteiger partial charge < -0.3 is 51.9 Å². The molecule has 11 aliphatic rings. The third kappa shape index (κ3) is 7.48. The summed E-state index contributed by atoms with van der Waals surface area (Å²) in [5.41, 5.74) is 2.17. The highest BCUT2D eigenvalue weighted by Gasteiger charge is 2.69. The number of hydrogen-bond donors (Lipinski definition) is 0. The molecule has 12 bridgehead atoms. The van der Waals surface area contributed by atoms with Crippen molar-refractivity contribution in [1.29, 1.82) is 0 Å². The third-order valence-corrected chi connectivity index (χ3v) is 15.9. The molecule has 0 amide bonds. The van der Waals surface area contributed by atoms with Gasteiger partial charge in [-0.05, 0) is 68.4 Å². The summed E-state index contributed by atoms with van der Waals surface area (Å²) in [4.78, 5) is 14.1. The first kappa shape index (κ1) is 40.2. The smallest absolute Gasteiger partial charge is 0.308 e. The number of hydrogen-bond acceptors (Lipinski definition) is 13. The molecule has 13 nitrogen and oxygen atoms in total. The summed E-state index contributed by atoms with van der Waals surface area (Å²) >= 11 is 0. The van der Waals surface area contributed by atoms with E-state index in [0.29, 0.717) is 44.7 Å². The second-order valence-corrected chi connectivity index (χ2v) is 19.7. The maximum atomic E-state index is 14.1. The molecule has 22 atom stereocenters. The van der Waals surface area contributed by atoms with Gasteiger partial charge in [-0.1, -0.05) is 27.0 Å². The van der Waals surface area contributed by atoms with Gasteiger partial charge in [-0.25, -0.2) is 0 Å². The van der Waals surface area contributed by atoms with Crippen LogP contribution in [-0.2, 0) is 61.3 Å². The fourth-order valence-corrected chi connectivity index (χ4v) is 12.7. The van der Waals surface area contributed by atoms with E-state index in [9.17, 15) is 9.36 Å². The van der Waals surface area contributed by atoms with Gasteiger partial charge in [0.15, 0.2) is 14.2 Å². The van der Waals surface area contributed by atoms with Crippen LogP contribution in [0.25, 0.3) is 0 Å². The Morgan fingerprint density at radius 2 is 1.47 bits per heavy atom. The number of rotatable bonds is 4. The summed E-state index contributed by atoms with van der Waals surface area (Å²) in [6.07, 6.45) is 4.64. The number of esters is 1. The zero-order valence-corrected chi connectivity index (χ0v) is 35.2. The van der Waals surface area contributed by atoms with Crippen LogP contribution < -0.4 is 0 Å². The Morgan fingerprint density at radius 1 is 0.719 bits per heavy atom. The quantitative estimate of drug-likeness (QED) is 0.195. The summed E-state index contributed by atoms with van der Waals surface area (Å²) in [6.45, 7) is 13.3. The van der Waals surface area contributed by atoms with E-state index in [1.807, 2.05) is 0 Å². The van der Waals surface area contributed by atoms with Crippen molar-refractivity contribution in [2.24, 2.45) is 11.8 Å². The average Bonchev–Trinajstić information content (AvgIpc) is 3.78. The Labute approximate surface area is 339 Å². The molecule has 11 saturated heterocycles. The minimum absolute atomic E-state index is 0.0166. The fourth-order valence-electron chi connectivity index (χ4n) is 12.1. The van der Waals surface area contributed by atoms with Crippen molar-refractivity contribution < 1.29 is 61.3 Å². The molecule has 0 aromatic rings. The summed E-state index contributed by atoms with van der Waals surface area (Å²) in [5.74, 6) is -1.09. The molecule has 11 fully saturated rings. The molecular formula is C42H60O13P2. The van der Waals surface area contributed by atoms with Gasteiger partial charge in [-0.15, -0.1) is 0 Å². The lowest BCUT2D eigenvalue weighted by atomic mass is 9.79. The molecule has 11 aliphatic heterocycles. The van der Waals surface area contributed by atoms with Crippen molar-refractivity contribution in [3.8, 4) is 0 Å². The molecule has 11 heterocycles. The predicted molar refractivity (Wildman–Crippen MR) is 207 cm³/mol. The largest absolute Gasteiger partial charge is 0.459 e. The van der Waals surface area contributed by atoms with Gasteiger partial charge in [0.25, 0.3) is 0 Å². The van der Waals surface area contributed by atoms with Gasteiger partial charge in [0.05, 0.1) is 79.7 Å². The lowest BCUT2D eigenvalue weighted by Crippen LogP contribution is -2.62. The molecule has 1 spiro atoms. The first-order valence-electron chi connectivity index (χ1n) is 21.7. The van der Waals surface area contributed by atoms with Gasteiger partial charge in [-0.2, -0.15) is 0 Å². The predicted octanol–water partition coefficient (Wildman–Crippen LogP) is 5.70. The molecule has 0 saturated carbocycles. The molecule has 0 aromatic carbocycles. The molecule has 0 N–H and O–H groups in total. The summed E-state index contributed by atoms with van der Waals surface area (Å²) in [6, 6.07) is 0. The number of ether oxygens (including phenoxy) is 10. The number of carbonyl (C=O) groups is 1. The van der Waals surface area contributed by atoms with Crippen molar-refractivity contribution >= 4 is 23.9 Å². The average molecular weight is 835 g/mol. The van der Waals surface area contributed by atoms with Crippen molar-refractivity contribution in [1.82, 2.24) is 0 Å². The lowest BCUT2D eigenvalue weighted by Gasteiger charge is -2.51. The zero-order chi connectivity index (χ0) is 39.2. The Balaban J connectivity index is 0.932. The van der Waals surface area contributed by atoms with Crippen molar-refractivity contribution in [3.05, 3.63) is 24.3 Å². The van der Waals surface area contributed by atoms with Crippen LogP contribution >= 0.6 is 17.9 Å². The van der Waals surface area contributed by atoms with Gasteiger partial charge in [0.2, 0.25) is 0 Å². The first-order valence-corrected chi connectivity index (χ1v) is 23.2. The van der Waals surface area contributed by atoms with E-state index in [-0.39, 0.29) is 124 Å². The topological polar surface area (TPSA) is 136 Å². The molecule has 57 heavy (non-hydrogen) atoms. The van der Waals surface area contributed by atoms with E-state index in [2.05, 4.69) is 36.5 Å². The van der Waals surface area contributed by atoms with Crippen LogP contribution in [0.1, 0.15) is 97.3 Å². The van der Waals surface area contributed by atoms with Crippen LogP contribution in [0.4, 0.5) is 0 Å². The molecule has 11 rings (SSSR count). The zero-order valence-electron chi connectivity index (χ0n) is 33.2. The summed E-state index contributed by atoms with van der Waals surface area (Å²) in [7, 11) is 2.43. The number of carbonyl (C=O) groups excluding carboxylic acids is 1. The Morgan fingerprint density at radius 3 is 2.32 bits per heavy atom. The standard InChI is InChI=1S/C42H60O13P2/c1-19-13-23-5-7-26-20(2)14-25(45-26)9-11-42-18-33-38(53-42)39-40(51-33)41(54-42)37-28(50-39)8-6-24(47-37)15-34(43)52-36-22(4)35-32(48-31(36)16-29(46-23)21(19)3)17-30(55-56)27(49-35)10-12-57-44/h19,22-33,35-41H,2-3,5-18,56H2,1,4H3.